The molecule has 3 nitrogen and oxygen atoms in total. The van der Waals surface area contributed by atoms with Gasteiger partial charge in [0.15, 0.2) is 0 Å². The fraction of sp³-hybridized carbons (Fsp3) is 0.500. The summed E-state index contributed by atoms with van der Waals surface area (Å²) in [6.07, 6.45) is 0.220. The van der Waals surface area contributed by atoms with Crippen LogP contribution in [0.1, 0.15) is 13.8 Å². The molecule has 0 aromatic carbocycles. The minimum absolute atomic E-state index is 0.220. The van der Waals surface area contributed by atoms with E-state index in [-0.39, 0.29) is 6.10 Å². The molecule has 0 saturated carbocycles. The second kappa shape index (κ2) is 5.54. The van der Waals surface area contributed by atoms with Crippen molar-refractivity contribution in [1.82, 2.24) is 4.98 Å². The Labute approximate surface area is 83.3 Å². The average Bonchev–Trinajstić information content (AvgIpc) is 2.12. The lowest BCUT2D eigenvalue weighted by molar-refractivity contribution is 0.0870. The highest BCUT2D eigenvalue weighted by atomic mass is 19.1. The third kappa shape index (κ3) is 4.18. The third-order valence-electron chi connectivity index (χ3n) is 1.57. The van der Waals surface area contributed by atoms with Crippen LogP contribution in [0.2, 0.25) is 0 Å². The zero-order valence-corrected chi connectivity index (χ0v) is 8.46. The quantitative estimate of drug-likeness (QED) is 0.581. The third-order valence-corrected chi connectivity index (χ3v) is 1.57. The lowest BCUT2D eigenvalue weighted by atomic mass is 10.4. The molecule has 0 atom stereocenters. The van der Waals surface area contributed by atoms with Gasteiger partial charge in [-0.3, -0.25) is 0 Å². The summed E-state index contributed by atoms with van der Waals surface area (Å²) in [4.78, 5) is 3.66. The number of rotatable bonds is 5. The summed E-state index contributed by atoms with van der Waals surface area (Å²) >= 11 is 0. The Hall–Kier alpha value is -1.16. The Morgan fingerprint density at radius 1 is 1.50 bits per heavy atom. The molecule has 1 heterocycles. The van der Waals surface area contributed by atoms with Gasteiger partial charge < -0.3 is 10.1 Å². The normalized spacial score (nSPS) is 10.6. The van der Waals surface area contributed by atoms with Crippen molar-refractivity contribution in [2.24, 2.45) is 0 Å². The van der Waals surface area contributed by atoms with Crippen LogP contribution in [0.25, 0.3) is 0 Å². The maximum Gasteiger partial charge on any atom is 0.214 e. The number of halogens is 1. The maximum atomic E-state index is 12.6. The smallest absolute Gasteiger partial charge is 0.214 e. The van der Waals surface area contributed by atoms with Gasteiger partial charge in [0.1, 0.15) is 5.82 Å². The highest BCUT2D eigenvalue weighted by molar-refractivity contribution is 5.33. The van der Waals surface area contributed by atoms with Crippen molar-refractivity contribution in [3.05, 3.63) is 24.1 Å². The van der Waals surface area contributed by atoms with Crippen LogP contribution in [-0.4, -0.2) is 24.2 Å². The largest absolute Gasteiger partial charge is 0.377 e. The first-order chi connectivity index (χ1) is 6.68. The van der Waals surface area contributed by atoms with Crippen LogP contribution in [0.15, 0.2) is 18.2 Å². The SMILES string of the molecule is CC(C)OCCNc1cccc(F)n1. The van der Waals surface area contributed by atoms with Gasteiger partial charge in [-0.25, -0.2) is 4.98 Å². The second-order valence-electron chi connectivity index (χ2n) is 3.19. The van der Waals surface area contributed by atoms with E-state index in [1.807, 2.05) is 13.8 Å². The van der Waals surface area contributed by atoms with Crippen LogP contribution in [0, 0.1) is 5.95 Å². The Balaban J connectivity index is 2.25. The first-order valence-electron chi connectivity index (χ1n) is 4.66. The number of nitrogens with one attached hydrogen (secondary N) is 1. The summed E-state index contributed by atoms with van der Waals surface area (Å²) in [5, 5.41) is 2.96. The van der Waals surface area contributed by atoms with Crippen molar-refractivity contribution in [2.75, 3.05) is 18.5 Å². The molecule has 0 spiro atoms. The maximum absolute atomic E-state index is 12.6. The van der Waals surface area contributed by atoms with E-state index in [0.29, 0.717) is 19.0 Å². The minimum Gasteiger partial charge on any atom is -0.377 e. The molecular weight excluding hydrogens is 183 g/mol. The monoisotopic (exact) mass is 198 g/mol. The fourth-order valence-electron chi connectivity index (χ4n) is 0.980. The zero-order chi connectivity index (χ0) is 10.4. The summed E-state index contributed by atoms with van der Waals surface area (Å²) in [6, 6.07) is 4.65. The Bertz CT molecular complexity index is 279. The molecule has 0 saturated heterocycles. The van der Waals surface area contributed by atoms with E-state index in [1.54, 1.807) is 12.1 Å². The van der Waals surface area contributed by atoms with Gasteiger partial charge in [0.05, 0.1) is 12.7 Å². The molecule has 0 bridgehead atoms. The predicted octanol–water partition coefficient (Wildman–Crippen LogP) is 2.06. The summed E-state index contributed by atoms with van der Waals surface area (Å²) in [5.41, 5.74) is 0. The van der Waals surface area contributed by atoms with Crippen molar-refractivity contribution in [1.29, 1.82) is 0 Å². The molecule has 4 heteroatoms. The topological polar surface area (TPSA) is 34.1 Å². The van der Waals surface area contributed by atoms with Gasteiger partial charge in [-0.15, -0.1) is 0 Å². The van der Waals surface area contributed by atoms with Crippen LogP contribution in [0.5, 0.6) is 0 Å². The van der Waals surface area contributed by atoms with Crippen molar-refractivity contribution >= 4 is 5.82 Å². The van der Waals surface area contributed by atoms with Gasteiger partial charge in [-0.05, 0) is 26.0 Å². The number of ether oxygens (including phenoxy) is 1. The summed E-state index contributed by atoms with van der Waals surface area (Å²) < 4.78 is 17.9. The predicted molar refractivity (Wildman–Crippen MR) is 53.8 cm³/mol. The Morgan fingerprint density at radius 2 is 2.29 bits per heavy atom. The van der Waals surface area contributed by atoms with Crippen molar-refractivity contribution in [3.63, 3.8) is 0 Å². The van der Waals surface area contributed by atoms with E-state index < -0.39 is 5.95 Å². The molecule has 0 radical (unpaired) electrons. The minimum atomic E-state index is -0.472. The van der Waals surface area contributed by atoms with E-state index in [0.717, 1.165) is 0 Å². The molecule has 0 amide bonds. The molecule has 0 unspecified atom stereocenters. The van der Waals surface area contributed by atoms with Crippen LogP contribution in [0.4, 0.5) is 10.2 Å². The molecule has 14 heavy (non-hydrogen) atoms. The molecular formula is C10H15FN2O. The van der Waals surface area contributed by atoms with E-state index in [2.05, 4.69) is 10.3 Å². The lowest BCUT2D eigenvalue weighted by Crippen LogP contribution is -2.13. The van der Waals surface area contributed by atoms with Crippen LogP contribution >= 0.6 is 0 Å². The molecule has 0 aliphatic rings. The number of hydrogen-bond donors (Lipinski definition) is 1. The number of anilines is 1. The summed E-state index contributed by atoms with van der Waals surface area (Å²) in [7, 11) is 0. The molecule has 1 aromatic rings. The van der Waals surface area contributed by atoms with Crippen LogP contribution in [-0.2, 0) is 4.74 Å². The number of hydrogen-bond acceptors (Lipinski definition) is 3. The van der Waals surface area contributed by atoms with Gasteiger partial charge in [0, 0.05) is 6.54 Å². The van der Waals surface area contributed by atoms with Gasteiger partial charge in [0.2, 0.25) is 5.95 Å². The Kier molecular flexibility index (Phi) is 4.32. The highest BCUT2D eigenvalue weighted by Gasteiger charge is 1.96. The van der Waals surface area contributed by atoms with Crippen molar-refractivity contribution in [3.8, 4) is 0 Å². The van der Waals surface area contributed by atoms with Crippen molar-refractivity contribution in [2.45, 2.75) is 20.0 Å². The number of aromatic nitrogens is 1. The van der Waals surface area contributed by atoms with E-state index >= 15 is 0 Å². The first-order valence-corrected chi connectivity index (χ1v) is 4.66. The lowest BCUT2D eigenvalue weighted by Gasteiger charge is -2.08. The first kappa shape index (κ1) is 10.9. The molecule has 1 aromatic heterocycles. The fourth-order valence-corrected chi connectivity index (χ4v) is 0.980. The van der Waals surface area contributed by atoms with Gasteiger partial charge in [0.25, 0.3) is 0 Å². The van der Waals surface area contributed by atoms with Gasteiger partial charge in [-0.2, -0.15) is 4.39 Å². The van der Waals surface area contributed by atoms with E-state index in [9.17, 15) is 4.39 Å². The molecule has 1 N–H and O–H groups in total. The Morgan fingerprint density at radius 3 is 2.93 bits per heavy atom. The standard InChI is InChI=1S/C10H15FN2O/c1-8(2)14-7-6-12-10-5-3-4-9(11)13-10/h3-5,8H,6-7H2,1-2H3,(H,12,13). The van der Waals surface area contributed by atoms with Crippen LogP contribution in [0.3, 0.4) is 0 Å². The highest BCUT2D eigenvalue weighted by Crippen LogP contribution is 2.02. The average molecular weight is 198 g/mol. The molecule has 78 valence electrons. The second-order valence-corrected chi connectivity index (χ2v) is 3.19. The molecule has 0 aliphatic carbocycles. The van der Waals surface area contributed by atoms with Crippen LogP contribution < -0.4 is 5.32 Å². The number of pyridine rings is 1. The zero-order valence-electron chi connectivity index (χ0n) is 8.46. The van der Waals surface area contributed by atoms with Crippen molar-refractivity contribution < 1.29 is 9.13 Å². The molecule has 0 aliphatic heterocycles. The van der Waals surface area contributed by atoms with E-state index in [4.69, 9.17) is 4.74 Å². The van der Waals surface area contributed by atoms with Gasteiger partial charge in [-0.1, -0.05) is 6.07 Å². The van der Waals surface area contributed by atoms with Gasteiger partial charge >= 0.3 is 0 Å². The summed E-state index contributed by atoms with van der Waals surface area (Å²) in [6.45, 7) is 5.17. The molecule has 1 rings (SSSR count). The molecule has 0 fully saturated rings. The number of nitrogens with zero attached hydrogens (tertiary/aromatic N) is 1. The van der Waals surface area contributed by atoms with E-state index in [1.165, 1.54) is 6.07 Å². The summed E-state index contributed by atoms with van der Waals surface area (Å²) in [5.74, 6) is 0.0668.